The first-order valence-electron chi connectivity index (χ1n) is 7.15. The van der Waals surface area contributed by atoms with E-state index in [0.29, 0.717) is 12.1 Å². The number of rotatable bonds is 4. The van der Waals surface area contributed by atoms with E-state index in [2.05, 4.69) is 22.4 Å². The van der Waals surface area contributed by atoms with Gasteiger partial charge >= 0.3 is 0 Å². The topological polar surface area (TPSA) is 47.3 Å². The fourth-order valence-corrected chi connectivity index (χ4v) is 2.85. The standard InChI is InChI=1S/C16H20N2O2/c1-19-15-5-3-2-4-14(15)18-13-8-6-12(7-9-13)16-10-17-11-20-16/h6-11,14-15,18H,2-5H2,1H3. The number of hydrogen-bond acceptors (Lipinski definition) is 4. The van der Waals surface area contributed by atoms with Gasteiger partial charge in [-0.25, -0.2) is 4.98 Å². The number of benzene rings is 1. The van der Waals surface area contributed by atoms with Gasteiger partial charge in [-0.2, -0.15) is 0 Å². The molecule has 1 aromatic carbocycles. The first-order valence-corrected chi connectivity index (χ1v) is 7.15. The monoisotopic (exact) mass is 272 g/mol. The Bertz CT molecular complexity index is 522. The van der Waals surface area contributed by atoms with Crippen LogP contribution in [0.5, 0.6) is 0 Å². The summed E-state index contributed by atoms with van der Waals surface area (Å²) in [5.41, 5.74) is 2.17. The predicted molar refractivity (Wildman–Crippen MR) is 78.6 cm³/mol. The Morgan fingerprint density at radius 2 is 2.00 bits per heavy atom. The number of oxazole rings is 1. The van der Waals surface area contributed by atoms with E-state index in [9.17, 15) is 0 Å². The van der Waals surface area contributed by atoms with Crippen molar-refractivity contribution >= 4 is 5.69 Å². The lowest BCUT2D eigenvalue weighted by atomic mass is 9.92. The van der Waals surface area contributed by atoms with Crippen LogP contribution in [0.2, 0.25) is 0 Å². The van der Waals surface area contributed by atoms with Crippen molar-refractivity contribution in [3.63, 3.8) is 0 Å². The largest absolute Gasteiger partial charge is 0.444 e. The molecule has 0 radical (unpaired) electrons. The zero-order chi connectivity index (χ0) is 13.8. The molecule has 1 saturated carbocycles. The summed E-state index contributed by atoms with van der Waals surface area (Å²) in [7, 11) is 1.80. The van der Waals surface area contributed by atoms with Crippen LogP contribution in [0.3, 0.4) is 0 Å². The molecule has 20 heavy (non-hydrogen) atoms. The fraction of sp³-hybridized carbons (Fsp3) is 0.438. The zero-order valence-corrected chi connectivity index (χ0v) is 11.7. The van der Waals surface area contributed by atoms with E-state index in [1.165, 1.54) is 25.7 Å². The van der Waals surface area contributed by atoms with Crippen molar-refractivity contribution in [2.24, 2.45) is 0 Å². The smallest absolute Gasteiger partial charge is 0.181 e. The molecule has 0 aliphatic heterocycles. The summed E-state index contributed by atoms with van der Waals surface area (Å²) in [4.78, 5) is 3.94. The molecule has 4 nitrogen and oxygen atoms in total. The third kappa shape index (κ3) is 2.85. The summed E-state index contributed by atoms with van der Waals surface area (Å²) < 4.78 is 10.9. The molecule has 0 bridgehead atoms. The van der Waals surface area contributed by atoms with Gasteiger partial charge in [0, 0.05) is 18.4 Å². The van der Waals surface area contributed by atoms with E-state index in [1.807, 2.05) is 12.1 Å². The van der Waals surface area contributed by atoms with Gasteiger partial charge in [0.25, 0.3) is 0 Å². The second-order valence-corrected chi connectivity index (χ2v) is 5.25. The highest BCUT2D eigenvalue weighted by atomic mass is 16.5. The van der Waals surface area contributed by atoms with Crippen LogP contribution in [0, 0.1) is 0 Å². The number of ether oxygens (including phenoxy) is 1. The maximum atomic E-state index is 5.57. The number of methoxy groups -OCH3 is 1. The minimum Gasteiger partial charge on any atom is -0.444 e. The third-order valence-corrected chi connectivity index (χ3v) is 3.96. The molecular weight excluding hydrogens is 252 g/mol. The van der Waals surface area contributed by atoms with Crippen molar-refractivity contribution in [3.8, 4) is 11.3 Å². The molecule has 1 N–H and O–H groups in total. The lowest BCUT2D eigenvalue weighted by Crippen LogP contribution is -2.37. The first-order chi connectivity index (χ1) is 9.86. The van der Waals surface area contributed by atoms with Crippen LogP contribution >= 0.6 is 0 Å². The normalized spacial score (nSPS) is 22.6. The molecular formula is C16H20N2O2. The van der Waals surface area contributed by atoms with Crippen molar-refractivity contribution in [1.29, 1.82) is 0 Å². The molecule has 0 saturated heterocycles. The highest BCUT2D eigenvalue weighted by molar-refractivity contribution is 5.60. The molecule has 1 aromatic heterocycles. The molecule has 0 amide bonds. The molecule has 1 aliphatic rings. The average molecular weight is 272 g/mol. The van der Waals surface area contributed by atoms with E-state index in [0.717, 1.165) is 23.4 Å². The quantitative estimate of drug-likeness (QED) is 0.921. The van der Waals surface area contributed by atoms with E-state index >= 15 is 0 Å². The Balaban J connectivity index is 1.68. The van der Waals surface area contributed by atoms with Crippen molar-refractivity contribution in [1.82, 2.24) is 4.98 Å². The van der Waals surface area contributed by atoms with Crippen molar-refractivity contribution in [2.75, 3.05) is 12.4 Å². The van der Waals surface area contributed by atoms with Crippen LogP contribution in [0.1, 0.15) is 25.7 Å². The summed E-state index contributed by atoms with van der Waals surface area (Å²) in [5, 5.41) is 3.58. The molecule has 1 aliphatic carbocycles. The Morgan fingerprint density at radius 1 is 1.20 bits per heavy atom. The fourth-order valence-electron chi connectivity index (χ4n) is 2.85. The Labute approximate surface area is 119 Å². The summed E-state index contributed by atoms with van der Waals surface area (Å²) in [6.45, 7) is 0. The van der Waals surface area contributed by atoms with Gasteiger partial charge in [-0.1, -0.05) is 12.8 Å². The van der Waals surface area contributed by atoms with E-state index < -0.39 is 0 Å². The van der Waals surface area contributed by atoms with Gasteiger partial charge in [0.1, 0.15) is 0 Å². The summed E-state index contributed by atoms with van der Waals surface area (Å²) in [6, 6.07) is 8.67. The number of nitrogens with one attached hydrogen (secondary N) is 1. The molecule has 2 unspecified atom stereocenters. The molecule has 2 aromatic rings. The van der Waals surface area contributed by atoms with Crippen LogP contribution in [-0.2, 0) is 4.74 Å². The Kier molecular flexibility index (Phi) is 4.02. The number of nitrogens with zero attached hydrogens (tertiary/aromatic N) is 1. The zero-order valence-electron chi connectivity index (χ0n) is 11.7. The van der Waals surface area contributed by atoms with E-state index in [-0.39, 0.29) is 0 Å². The lowest BCUT2D eigenvalue weighted by Gasteiger charge is -2.31. The molecule has 0 spiro atoms. The van der Waals surface area contributed by atoms with Gasteiger partial charge in [0.15, 0.2) is 12.2 Å². The van der Waals surface area contributed by atoms with Crippen LogP contribution in [-0.4, -0.2) is 24.2 Å². The number of anilines is 1. The third-order valence-electron chi connectivity index (χ3n) is 3.96. The van der Waals surface area contributed by atoms with Crippen molar-refractivity contribution in [3.05, 3.63) is 36.9 Å². The SMILES string of the molecule is COC1CCCCC1Nc1ccc(-c2cnco2)cc1. The second-order valence-electron chi connectivity index (χ2n) is 5.25. The van der Waals surface area contributed by atoms with Gasteiger partial charge in [-0.05, 0) is 37.1 Å². The average Bonchev–Trinajstić information content (AvgIpc) is 3.03. The minimum absolute atomic E-state index is 0.317. The Hall–Kier alpha value is -1.81. The van der Waals surface area contributed by atoms with Crippen molar-refractivity contribution < 1.29 is 9.15 Å². The summed E-state index contributed by atoms with van der Waals surface area (Å²) in [6.07, 6.45) is 8.34. The van der Waals surface area contributed by atoms with Gasteiger partial charge in [0.2, 0.25) is 0 Å². The minimum atomic E-state index is 0.317. The second kappa shape index (κ2) is 6.09. The molecule has 106 valence electrons. The molecule has 3 rings (SSSR count). The van der Waals surface area contributed by atoms with Gasteiger partial charge in [0.05, 0.1) is 18.3 Å². The van der Waals surface area contributed by atoms with Crippen LogP contribution in [0.25, 0.3) is 11.3 Å². The predicted octanol–water partition coefficient (Wildman–Crippen LogP) is 3.71. The van der Waals surface area contributed by atoms with Gasteiger partial charge in [-0.3, -0.25) is 0 Å². The van der Waals surface area contributed by atoms with Crippen molar-refractivity contribution in [2.45, 2.75) is 37.8 Å². The maximum absolute atomic E-state index is 5.57. The maximum Gasteiger partial charge on any atom is 0.181 e. The molecule has 1 fully saturated rings. The van der Waals surface area contributed by atoms with E-state index in [4.69, 9.17) is 9.15 Å². The molecule has 1 heterocycles. The first kappa shape index (κ1) is 13.2. The van der Waals surface area contributed by atoms with E-state index in [1.54, 1.807) is 13.3 Å². The number of hydrogen-bond donors (Lipinski definition) is 1. The lowest BCUT2D eigenvalue weighted by molar-refractivity contribution is 0.0606. The number of aromatic nitrogens is 1. The van der Waals surface area contributed by atoms with Gasteiger partial charge < -0.3 is 14.5 Å². The van der Waals surface area contributed by atoms with Crippen LogP contribution in [0.15, 0.2) is 41.3 Å². The Morgan fingerprint density at radius 3 is 2.70 bits per heavy atom. The summed E-state index contributed by atoms with van der Waals surface area (Å²) in [5.74, 6) is 0.795. The highest BCUT2D eigenvalue weighted by Crippen LogP contribution is 2.26. The van der Waals surface area contributed by atoms with Crippen LogP contribution in [0.4, 0.5) is 5.69 Å². The molecule has 2 atom stereocenters. The van der Waals surface area contributed by atoms with Gasteiger partial charge in [-0.15, -0.1) is 0 Å². The summed E-state index contributed by atoms with van der Waals surface area (Å²) >= 11 is 0. The van der Waals surface area contributed by atoms with Crippen LogP contribution < -0.4 is 5.32 Å². The molecule has 4 heteroatoms. The highest BCUT2D eigenvalue weighted by Gasteiger charge is 2.24.